The summed E-state index contributed by atoms with van der Waals surface area (Å²) in [5.41, 5.74) is 1.97. The maximum Gasteiger partial charge on any atom is 0.415 e. The summed E-state index contributed by atoms with van der Waals surface area (Å²) in [5, 5.41) is 10.4. The second-order valence-electron chi connectivity index (χ2n) is 14.8. The van der Waals surface area contributed by atoms with Gasteiger partial charge in [0.05, 0.1) is 12.1 Å². The third-order valence-electron chi connectivity index (χ3n) is 10.8. The molecule has 56 heavy (non-hydrogen) atoms. The van der Waals surface area contributed by atoms with Crippen molar-refractivity contribution in [3.63, 3.8) is 0 Å². The Kier molecular flexibility index (Phi) is 12.1. The van der Waals surface area contributed by atoms with Gasteiger partial charge in [0.25, 0.3) is 11.0 Å². The van der Waals surface area contributed by atoms with E-state index < -0.39 is 44.2 Å². The molecule has 2 saturated heterocycles. The minimum Gasteiger partial charge on any atom is -0.439 e. The highest BCUT2D eigenvalue weighted by Gasteiger charge is 2.73. The molecular weight excluding hydrogens is 806 g/mol. The smallest absolute Gasteiger partial charge is 0.415 e. The average molecular weight is 849 g/mol. The first kappa shape index (κ1) is 41.4. The standard InChI is InChI=1S/C40H42Cl4N4O8/c1-5-10-25-15-17-27(18-16-25)30-20-39-24-46(36(50)55-29-13-9-11-26(19-29)23-54-48(52)53)22-32(39)47(37(51)56-38(3,4)40(42,43)44)34(39)33(30)35(49)45(6-2)21-28-12-7-8-14-31(28)41/h7-9,11-19,32,34H,5-6,10,20-24H2,1-4H3. The van der Waals surface area contributed by atoms with Gasteiger partial charge < -0.3 is 24.1 Å². The van der Waals surface area contributed by atoms with Crippen molar-refractivity contribution in [1.82, 2.24) is 14.7 Å². The molecule has 3 atom stereocenters. The van der Waals surface area contributed by atoms with Crippen LogP contribution in [0.3, 0.4) is 0 Å². The van der Waals surface area contributed by atoms with Gasteiger partial charge in [0, 0.05) is 42.2 Å². The summed E-state index contributed by atoms with van der Waals surface area (Å²) >= 11 is 25.3. The lowest BCUT2D eigenvalue weighted by molar-refractivity contribution is -0.763. The van der Waals surface area contributed by atoms with Gasteiger partial charge >= 0.3 is 12.2 Å². The number of carbonyl (C=O) groups excluding carboxylic acids is 3. The Hall–Kier alpha value is -4.23. The lowest BCUT2D eigenvalue weighted by Gasteiger charge is -2.57. The van der Waals surface area contributed by atoms with E-state index >= 15 is 4.79 Å². The molecule has 0 saturated carbocycles. The van der Waals surface area contributed by atoms with Crippen molar-refractivity contribution >= 4 is 70.1 Å². The first-order valence-electron chi connectivity index (χ1n) is 18.3. The molecule has 6 rings (SSSR count). The van der Waals surface area contributed by atoms with E-state index in [0.717, 1.165) is 35.1 Å². The maximum absolute atomic E-state index is 15.0. The summed E-state index contributed by atoms with van der Waals surface area (Å²) in [5.74, 6) is -0.131. The van der Waals surface area contributed by atoms with E-state index in [1.54, 1.807) is 29.2 Å². The number of alkyl halides is 3. The van der Waals surface area contributed by atoms with Crippen LogP contribution in [0, 0.1) is 15.5 Å². The van der Waals surface area contributed by atoms with Gasteiger partial charge in [-0.1, -0.05) is 114 Å². The normalized spacial score (nSPS) is 20.2. The molecule has 12 nitrogen and oxygen atoms in total. The first-order chi connectivity index (χ1) is 26.5. The zero-order valence-corrected chi connectivity index (χ0v) is 34.3. The summed E-state index contributed by atoms with van der Waals surface area (Å²) in [4.78, 5) is 63.2. The molecule has 0 aromatic heterocycles. The number of halogens is 4. The number of hydrogen-bond acceptors (Lipinski definition) is 8. The summed E-state index contributed by atoms with van der Waals surface area (Å²) in [6.07, 6.45) is 0.725. The minimum atomic E-state index is -1.99. The van der Waals surface area contributed by atoms with E-state index in [2.05, 4.69) is 11.8 Å². The Balaban J connectivity index is 1.40. The Bertz CT molecular complexity index is 2040. The molecule has 298 valence electrons. The van der Waals surface area contributed by atoms with Gasteiger partial charge in [-0.3, -0.25) is 9.69 Å². The van der Waals surface area contributed by atoms with Crippen molar-refractivity contribution < 1.29 is 33.8 Å². The van der Waals surface area contributed by atoms with Crippen LogP contribution in [-0.2, 0) is 33.9 Å². The number of aryl methyl sites for hydroxylation is 1. The van der Waals surface area contributed by atoms with Gasteiger partial charge in [-0.25, -0.2) is 9.59 Å². The molecule has 3 aromatic rings. The van der Waals surface area contributed by atoms with Gasteiger partial charge in [-0.2, -0.15) is 0 Å². The topological polar surface area (TPSA) is 132 Å². The van der Waals surface area contributed by atoms with Gasteiger partial charge in [0.1, 0.15) is 12.4 Å². The third-order valence-corrected chi connectivity index (χ3v) is 12.5. The highest BCUT2D eigenvalue weighted by molar-refractivity contribution is 6.68. The van der Waals surface area contributed by atoms with Gasteiger partial charge in [-0.05, 0) is 79.6 Å². The van der Waals surface area contributed by atoms with E-state index in [1.807, 2.05) is 49.4 Å². The van der Waals surface area contributed by atoms with Gasteiger partial charge in [0.15, 0.2) is 5.60 Å². The number of hydrogen-bond donors (Lipinski definition) is 0. The van der Waals surface area contributed by atoms with E-state index in [1.165, 1.54) is 29.7 Å². The summed E-state index contributed by atoms with van der Waals surface area (Å²) in [7, 11) is 0. The molecule has 2 aliphatic heterocycles. The van der Waals surface area contributed by atoms with E-state index in [-0.39, 0.29) is 37.9 Å². The average Bonchev–Trinajstić information content (AvgIpc) is 3.60. The molecule has 1 aliphatic carbocycles. The van der Waals surface area contributed by atoms with Crippen molar-refractivity contribution in [3.8, 4) is 5.75 Å². The van der Waals surface area contributed by atoms with Crippen LogP contribution in [-0.4, -0.2) is 79.0 Å². The lowest BCUT2D eigenvalue weighted by atomic mass is 9.66. The maximum atomic E-state index is 15.0. The molecular formula is C40H42Cl4N4O8. The lowest BCUT2D eigenvalue weighted by Crippen LogP contribution is -2.72. The zero-order chi connectivity index (χ0) is 40.6. The van der Waals surface area contributed by atoms with Crippen LogP contribution in [0.1, 0.15) is 62.8 Å². The molecule has 3 aromatic carbocycles. The van der Waals surface area contributed by atoms with Crippen LogP contribution in [0.4, 0.5) is 9.59 Å². The quantitative estimate of drug-likeness (QED) is 0.100. The number of benzene rings is 3. The van der Waals surface area contributed by atoms with Crippen molar-refractivity contribution in [2.45, 2.75) is 81.6 Å². The van der Waals surface area contributed by atoms with Crippen LogP contribution < -0.4 is 4.74 Å². The fourth-order valence-electron chi connectivity index (χ4n) is 7.90. The number of ether oxygens (including phenoxy) is 2. The molecule has 3 aliphatic rings. The van der Waals surface area contributed by atoms with E-state index in [0.29, 0.717) is 29.1 Å². The SMILES string of the molecule is CCCc1ccc(C2=C(C(=O)N(CC)Cc3ccccc3Cl)C3N(C(=O)OC(C)(C)C(Cl)(Cl)Cl)C4CN(C(=O)Oc5cccc(CO[N+](=O)[O-])c5)CC43C2)cc1. The Morgan fingerprint density at radius 2 is 1.70 bits per heavy atom. The molecule has 2 fully saturated rings. The monoisotopic (exact) mass is 846 g/mol. The van der Waals surface area contributed by atoms with Crippen molar-refractivity contribution in [2.75, 3.05) is 19.6 Å². The van der Waals surface area contributed by atoms with Crippen molar-refractivity contribution in [2.24, 2.45) is 5.41 Å². The first-order valence-corrected chi connectivity index (χ1v) is 19.8. The second-order valence-corrected chi connectivity index (χ2v) is 17.4. The van der Waals surface area contributed by atoms with E-state index in [9.17, 15) is 19.7 Å². The molecule has 3 amide bonds. The molecule has 1 spiro atoms. The van der Waals surface area contributed by atoms with Gasteiger partial charge in [-0.15, -0.1) is 10.1 Å². The third kappa shape index (κ3) is 8.12. The number of amides is 3. The predicted octanol–water partition coefficient (Wildman–Crippen LogP) is 9.05. The Morgan fingerprint density at radius 1 is 0.982 bits per heavy atom. The molecule has 0 radical (unpaired) electrons. The fraction of sp³-hybridized carbons (Fsp3) is 0.425. The summed E-state index contributed by atoms with van der Waals surface area (Å²) in [6.45, 7) is 7.39. The highest BCUT2D eigenvalue weighted by Crippen LogP contribution is 2.63. The largest absolute Gasteiger partial charge is 0.439 e. The molecule has 2 heterocycles. The van der Waals surface area contributed by atoms with Crippen LogP contribution in [0.5, 0.6) is 5.75 Å². The number of rotatable bonds is 12. The van der Waals surface area contributed by atoms with Gasteiger partial charge in [0.2, 0.25) is 3.79 Å². The van der Waals surface area contributed by atoms with Crippen LogP contribution in [0.25, 0.3) is 5.57 Å². The predicted molar refractivity (Wildman–Crippen MR) is 213 cm³/mol. The zero-order valence-electron chi connectivity index (χ0n) is 31.3. The highest BCUT2D eigenvalue weighted by atomic mass is 35.6. The number of likely N-dealkylation sites (N-methyl/N-ethyl adjacent to an activating group) is 1. The van der Waals surface area contributed by atoms with E-state index in [4.69, 9.17) is 55.9 Å². The second kappa shape index (κ2) is 16.3. The minimum absolute atomic E-state index is 0.0596. The number of carbonyl (C=O) groups is 3. The Labute approximate surface area is 345 Å². The Morgan fingerprint density at radius 3 is 2.34 bits per heavy atom. The molecule has 3 unspecified atom stereocenters. The number of likely N-dealkylation sites (tertiary alicyclic amines) is 2. The van der Waals surface area contributed by atoms with Crippen LogP contribution in [0.2, 0.25) is 5.02 Å². The molecule has 0 bridgehead atoms. The van der Waals surface area contributed by atoms with Crippen LogP contribution >= 0.6 is 46.4 Å². The summed E-state index contributed by atoms with van der Waals surface area (Å²) in [6, 6.07) is 20.2. The molecule has 16 heteroatoms. The number of allylic oxidation sites excluding steroid dienone is 1. The van der Waals surface area contributed by atoms with Crippen LogP contribution in [0.15, 0.2) is 78.4 Å². The number of nitrogens with zero attached hydrogens (tertiary/aromatic N) is 4. The fourth-order valence-corrected chi connectivity index (χ4v) is 8.21. The van der Waals surface area contributed by atoms with Crippen molar-refractivity contribution in [1.29, 1.82) is 0 Å². The molecule has 0 N–H and O–H groups in total. The summed E-state index contributed by atoms with van der Waals surface area (Å²) < 4.78 is 9.68. The van der Waals surface area contributed by atoms with Crippen molar-refractivity contribution in [3.05, 3.63) is 116 Å².